The summed E-state index contributed by atoms with van der Waals surface area (Å²) in [7, 11) is 3.75. The van der Waals surface area contributed by atoms with E-state index in [9.17, 15) is 9.90 Å². The van der Waals surface area contributed by atoms with Crippen LogP contribution >= 0.6 is 22.7 Å². The molecule has 0 radical (unpaired) electrons. The van der Waals surface area contributed by atoms with Gasteiger partial charge in [0.05, 0.1) is 21.5 Å². The smallest absolute Gasteiger partial charge is 0.407 e. The van der Waals surface area contributed by atoms with Gasteiger partial charge in [0.2, 0.25) is 0 Å². The molecule has 222 valence electrons. The summed E-state index contributed by atoms with van der Waals surface area (Å²) in [5, 5.41) is 16.3. The first kappa shape index (κ1) is 27.6. The molecule has 1 N–H and O–H groups in total. The van der Waals surface area contributed by atoms with Crippen molar-refractivity contribution >= 4 is 43.3 Å². The van der Waals surface area contributed by atoms with Gasteiger partial charge in [-0.1, -0.05) is 17.4 Å². The van der Waals surface area contributed by atoms with E-state index in [1.165, 1.54) is 5.00 Å². The van der Waals surface area contributed by atoms with Gasteiger partial charge in [-0.3, -0.25) is 0 Å². The van der Waals surface area contributed by atoms with Crippen LogP contribution in [0.2, 0.25) is 0 Å². The maximum absolute atomic E-state index is 11.7. The second-order valence-electron chi connectivity index (χ2n) is 11.4. The van der Waals surface area contributed by atoms with Crippen LogP contribution in [0.3, 0.4) is 0 Å². The lowest BCUT2D eigenvalue weighted by molar-refractivity contribution is -0.0394. The Bertz CT molecular complexity index is 1530. The Labute approximate surface area is 252 Å². The minimum Gasteiger partial charge on any atom is -0.467 e. The molecule has 4 aromatic rings. The van der Waals surface area contributed by atoms with Crippen molar-refractivity contribution < 1.29 is 24.1 Å². The zero-order valence-corrected chi connectivity index (χ0v) is 25.4. The average molecular weight is 610 g/mol. The van der Waals surface area contributed by atoms with Crippen LogP contribution in [-0.4, -0.2) is 76.5 Å². The molecule has 3 saturated heterocycles. The number of piperidine rings is 1. The normalized spacial score (nSPS) is 23.9. The van der Waals surface area contributed by atoms with Crippen LogP contribution in [0, 0.1) is 0 Å². The summed E-state index contributed by atoms with van der Waals surface area (Å²) >= 11 is 3.35. The minimum atomic E-state index is -0.775. The molecule has 3 aromatic heterocycles. The molecule has 0 spiro atoms. The van der Waals surface area contributed by atoms with Gasteiger partial charge in [-0.2, -0.15) is 5.10 Å². The molecule has 0 aliphatic carbocycles. The maximum atomic E-state index is 11.7. The highest BCUT2D eigenvalue weighted by Crippen LogP contribution is 2.44. The number of thiazole rings is 1. The number of hydrogen-bond acceptors (Lipinski definition) is 9. The van der Waals surface area contributed by atoms with Gasteiger partial charge in [-0.25, -0.2) is 14.5 Å². The maximum Gasteiger partial charge on any atom is 0.407 e. The molecule has 1 aromatic carbocycles. The van der Waals surface area contributed by atoms with Crippen LogP contribution in [0.25, 0.3) is 31.2 Å². The summed E-state index contributed by atoms with van der Waals surface area (Å²) in [5.41, 5.74) is 2.95. The lowest BCUT2D eigenvalue weighted by Gasteiger charge is -2.41. The second kappa shape index (κ2) is 11.5. The third kappa shape index (κ3) is 5.14. The standard InChI is InChI=1S/C30H35N5O5S2/c1-33(22-12-20-7-8-21(13-22)35(20)30(36)37)27-14-25-29(42-27)32-28(41-25)23-9-6-18(11-24(23)40-17-38-2)19-15-31-34(16-19)26-5-3-4-10-39-26/h6,9,11,14-16,20-22,26H,3-5,7-8,10,12-13,17H2,1-2H3,(H,36,37)/t20-,21+,22+,26?. The molecule has 0 saturated carbocycles. The number of carbonyl (C=O) groups is 1. The Morgan fingerprint density at radius 1 is 1.14 bits per heavy atom. The third-order valence-corrected chi connectivity index (χ3v) is 11.1. The number of ether oxygens (including phenoxy) is 3. The van der Waals surface area contributed by atoms with Gasteiger partial charge in [0.15, 0.2) is 6.79 Å². The number of fused-ring (bicyclic) bond motifs is 3. The zero-order chi connectivity index (χ0) is 28.8. The average Bonchev–Trinajstić information content (AvgIpc) is 3.78. The van der Waals surface area contributed by atoms with E-state index < -0.39 is 6.09 Å². The second-order valence-corrected chi connectivity index (χ2v) is 13.4. The summed E-state index contributed by atoms with van der Waals surface area (Å²) in [6.07, 6.45) is 10.1. The van der Waals surface area contributed by atoms with Gasteiger partial charge in [0.25, 0.3) is 0 Å². The fraction of sp³-hybridized carbons (Fsp3) is 0.500. The Morgan fingerprint density at radius 3 is 2.69 bits per heavy atom. The number of hydrogen-bond donors (Lipinski definition) is 1. The molecule has 42 heavy (non-hydrogen) atoms. The molecule has 12 heteroatoms. The summed E-state index contributed by atoms with van der Waals surface area (Å²) in [6, 6.07) is 9.00. The lowest BCUT2D eigenvalue weighted by atomic mass is 9.97. The summed E-state index contributed by atoms with van der Waals surface area (Å²) in [5.74, 6) is 0.718. The van der Waals surface area contributed by atoms with Gasteiger partial charge in [-0.05, 0) is 68.7 Å². The monoisotopic (exact) mass is 609 g/mol. The fourth-order valence-electron chi connectivity index (χ4n) is 6.67. The lowest BCUT2D eigenvalue weighted by Crippen LogP contribution is -2.51. The van der Waals surface area contributed by atoms with E-state index in [-0.39, 0.29) is 25.1 Å². The fourth-order valence-corrected chi connectivity index (χ4v) is 8.94. The van der Waals surface area contributed by atoms with Crippen molar-refractivity contribution in [2.24, 2.45) is 0 Å². The molecule has 1 unspecified atom stereocenters. The van der Waals surface area contributed by atoms with Gasteiger partial charge in [0, 0.05) is 50.7 Å². The molecular weight excluding hydrogens is 574 g/mol. The first-order valence-corrected chi connectivity index (χ1v) is 16.2. The van der Waals surface area contributed by atoms with E-state index in [2.05, 4.69) is 35.2 Å². The molecule has 7 rings (SSSR count). The van der Waals surface area contributed by atoms with Crippen LogP contribution < -0.4 is 9.64 Å². The highest BCUT2D eigenvalue weighted by Gasteiger charge is 2.44. The van der Waals surface area contributed by atoms with Crippen LogP contribution in [0.1, 0.15) is 51.2 Å². The molecule has 3 fully saturated rings. The van der Waals surface area contributed by atoms with E-state index in [0.717, 1.165) is 88.5 Å². The molecule has 3 aliphatic heterocycles. The van der Waals surface area contributed by atoms with Crippen LogP contribution in [0.15, 0.2) is 36.7 Å². The number of anilines is 1. The number of rotatable bonds is 8. The van der Waals surface area contributed by atoms with E-state index in [1.807, 2.05) is 23.1 Å². The number of methoxy groups -OCH3 is 1. The van der Waals surface area contributed by atoms with Gasteiger partial charge < -0.3 is 29.1 Å². The molecule has 4 atom stereocenters. The van der Waals surface area contributed by atoms with Crippen molar-refractivity contribution in [3.8, 4) is 27.4 Å². The zero-order valence-electron chi connectivity index (χ0n) is 23.8. The van der Waals surface area contributed by atoms with Gasteiger partial charge >= 0.3 is 6.09 Å². The van der Waals surface area contributed by atoms with Crippen molar-refractivity contribution in [2.45, 2.75) is 69.3 Å². The topological polar surface area (TPSA) is 102 Å². The van der Waals surface area contributed by atoms with Gasteiger partial charge in [-0.15, -0.1) is 11.3 Å². The Hall–Kier alpha value is -3.19. The number of carboxylic acid groups (broad SMARTS) is 1. The molecule has 1 amide bonds. The highest BCUT2D eigenvalue weighted by molar-refractivity contribution is 7.30. The van der Waals surface area contributed by atoms with Crippen molar-refractivity contribution in [3.05, 3.63) is 36.7 Å². The largest absolute Gasteiger partial charge is 0.467 e. The van der Waals surface area contributed by atoms with E-state index in [4.69, 9.17) is 19.2 Å². The van der Waals surface area contributed by atoms with Crippen molar-refractivity contribution in [3.63, 3.8) is 0 Å². The quantitative estimate of drug-likeness (QED) is 0.221. The molecule has 6 heterocycles. The van der Waals surface area contributed by atoms with Crippen molar-refractivity contribution in [1.29, 1.82) is 0 Å². The van der Waals surface area contributed by atoms with E-state index >= 15 is 0 Å². The minimum absolute atomic E-state index is 0.00383. The first-order valence-electron chi connectivity index (χ1n) is 14.5. The molecule has 3 aliphatic rings. The molecule has 2 bridgehead atoms. The Balaban J connectivity index is 1.11. The van der Waals surface area contributed by atoms with E-state index in [0.29, 0.717) is 6.04 Å². The van der Waals surface area contributed by atoms with Crippen molar-refractivity contribution in [1.82, 2.24) is 19.7 Å². The van der Waals surface area contributed by atoms with Gasteiger partial charge in [0.1, 0.15) is 21.8 Å². The Morgan fingerprint density at radius 2 is 1.98 bits per heavy atom. The van der Waals surface area contributed by atoms with E-state index in [1.54, 1.807) is 34.7 Å². The third-order valence-electron chi connectivity index (χ3n) is 8.83. The number of amides is 1. The summed E-state index contributed by atoms with van der Waals surface area (Å²) in [4.78, 5) is 21.8. The Kier molecular flexibility index (Phi) is 7.55. The molecular formula is C30H35N5O5S2. The molecule has 10 nitrogen and oxygen atoms in total. The predicted molar refractivity (Wildman–Crippen MR) is 164 cm³/mol. The number of aromatic nitrogens is 3. The number of nitrogens with zero attached hydrogens (tertiary/aromatic N) is 5. The SMILES string of the molecule is COCOc1cc(-c2cnn(C3CCCCO3)c2)ccc1-c1nc2sc(N(C)[C@H]3C[C@H]4CC[C@@H](C3)N4C(=O)O)cc2s1. The summed E-state index contributed by atoms with van der Waals surface area (Å²) in [6.45, 7) is 0.919. The number of benzene rings is 1. The summed E-state index contributed by atoms with van der Waals surface area (Å²) < 4.78 is 20.2. The van der Waals surface area contributed by atoms with Crippen molar-refractivity contribution in [2.75, 3.05) is 32.5 Å². The van der Waals surface area contributed by atoms with Crippen LogP contribution in [0.5, 0.6) is 5.75 Å². The number of thiophene rings is 1. The highest BCUT2D eigenvalue weighted by atomic mass is 32.1. The van der Waals surface area contributed by atoms with Crippen LogP contribution in [-0.2, 0) is 9.47 Å². The van der Waals surface area contributed by atoms with Crippen LogP contribution in [0.4, 0.5) is 9.80 Å². The predicted octanol–water partition coefficient (Wildman–Crippen LogP) is 6.68. The first-order chi connectivity index (χ1) is 20.5.